The quantitative estimate of drug-likeness (QED) is 0.636. The maximum absolute atomic E-state index is 6.19. The van der Waals surface area contributed by atoms with Crippen molar-refractivity contribution in [1.82, 2.24) is 0 Å². The number of aryl methyl sites for hydroxylation is 1. The molecule has 1 atom stereocenters. The van der Waals surface area contributed by atoms with Crippen molar-refractivity contribution in [2.24, 2.45) is 0 Å². The Balaban J connectivity index is 2.17. The second kappa shape index (κ2) is 6.03. The van der Waals surface area contributed by atoms with Gasteiger partial charge in [0.05, 0.1) is 4.83 Å². The zero-order valence-electron chi connectivity index (χ0n) is 9.62. The van der Waals surface area contributed by atoms with Crippen LogP contribution in [0.4, 0.5) is 0 Å². The maximum atomic E-state index is 6.19. The van der Waals surface area contributed by atoms with E-state index < -0.39 is 0 Å². The lowest BCUT2D eigenvalue weighted by Gasteiger charge is -2.11. The molecule has 0 N–H and O–H groups in total. The largest absolute Gasteiger partial charge is 0.147 e. The monoisotopic (exact) mass is 328 g/mol. The van der Waals surface area contributed by atoms with Gasteiger partial charge in [0.2, 0.25) is 0 Å². The minimum atomic E-state index is 0.359. The molecule has 90 valence electrons. The Morgan fingerprint density at radius 3 is 2.71 bits per heavy atom. The third-order valence-electron chi connectivity index (χ3n) is 2.80. The summed E-state index contributed by atoms with van der Waals surface area (Å²) in [6.45, 7) is 2.20. The number of benzene rings is 1. The molecule has 17 heavy (non-hydrogen) atoms. The van der Waals surface area contributed by atoms with Crippen molar-refractivity contribution in [1.29, 1.82) is 0 Å². The summed E-state index contributed by atoms with van der Waals surface area (Å²) in [7, 11) is 0. The summed E-state index contributed by atoms with van der Waals surface area (Å²) in [5, 5.41) is 3.02. The van der Waals surface area contributed by atoms with Gasteiger partial charge in [0.25, 0.3) is 0 Å². The third-order valence-corrected chi connectivity index (χ3v) is 5.33. The van der Waals surface area contributed by atoms with E-state index in [0.717, 1.165) is 17.9 Å². The van der Waals surface area contributed by atoms with Crippen molar-refractivity contribution in [3.63, 3.8) is 0 Å². The SMILES string of the molecule is CCc1ccsc1C(Br)Cc1ccccc1Cl. The highest BCUT2D eigenvalue weighted by molar-refractivity contribution is 9.09. The van der Waals surface area contributed by atoms with Crippen molar-refractivity contribution in [2.75, 3.05) is 0 Å². The molecular weight excluding hydrogens is 316 g/mol. The normalized spacial score (nSPS) is 12.6. The Hall–Kier alpha value is -0.310. The van der Waals surface area contributed by atoms with Gasteiger partial charge in [-0.1, -0.05) is 52.7 Å². The topological polar surface area (TPSA) is 0 Å². The first-order valence-electron chi connectivity index (χ1n) is 5.66. The molecule has 3 heteroatoms. The zero-order valence-corrected chi connectivity index (χ0v) is 12.8. The molecule has 0 aliphatic heterocycles. The molecule has 1 unspecified atom stereocenters. The third kappa shape index (κ3) is 3.12. The number of hydrogen-bond acceptors (Lipinski definition) is 1. The van der Waals surface area contributed by atoms with Crippen LogP contribution in [0.2, 0.25) is 5.02 Å². The van der Waals surface area contributed by atoms with E-state index in [4.69, 9.17) is 11.6 Å². The standard InChI is InChI=1S/C14H14BrClS/c1-2-10-7-8-17-14(10)12(15)9-11-5-3-4-6-13(11)16/h3-8,12H,2,9H2,1H3. The van der Waals surface area contributed by atoms with E-state index in [9.17, 15) is 0 Å². The highest BCUT2D eigenvalue weighted by Gasteiger charge is 2.14. The zero-order chi connectivity index (χ0) is 12.3. The summed E-state index contributed by atoms with van der Waals surface area (Å²) < 4.78 is 0. The van der Waals surface area contributed by atoms with E-state index in [1.54, 1.807) is 0 Å². The van der Waals surface area contributed by atoms with Gasteiger partial charge in [-0.05, 0) is 41.5 Å². The molecule has 0 saturated carbocycles. The Kier molecular flexibility index (Phi) is 4.66. The predicted molar refractivity (Wildman–Crippen MR) is 80.5 cm³/mol. The highest BCUT2D eigenvalue weighted by Crippen LogP contribution is 2.35. The molecule has 0 radical (unpaired) electrons. The predicted octanol–water partition coefficient (Wildman–Crippen LogP) is 5.64. The number of rotatable bonds is 4. The second-order valence-corrected chi connectivity index (χ2v) is 6.39. The van der Waals surface area contributed by atoms with Crippen molar-refractivity contribution >= 4 is 38.9 Å². The molecule has 0 saturated heterocycles. The lowest BCUT2D eigenvalue weighted by Crippen LogP contribution is -1.96. The summed E-state index contributed by atoms with van der Waals surface area (Å²) in [6, 6.07) is 10.3. The van der Waals surface area contributed by atoms with Crippen LogP contribution in [0.15, 0.2) is 35.7 Å². The van der Waals surface area contributed by atoms with E-state index in [1.807, 2.05) is 29.5 Å². The molecule has 0 amide bonds. The van der Waals surface area contributed by atoms with Crippen LogP contribution in [-0.2, 0) is 12.8 Å². The van der Waals surface area contributed by atoms with E-state index >= 15 is 0 Å². The molecule has 1 aromatic carbocycles. The van der Waals surface area contributed by atoms with Crippen LogP contribution in [0.5, 0.6) is 0 Å². The molecule has 0 fully saturated rings. The number of thiophene rings is 1. The van der Waals surface area contributed by atoms with Gasteiger partial charge in [-0.15, -0.1) is 11.3 Å². The first-order chi connectivity index (χ1) is 8.22. The summed E-state index contributed by atoms with van der Waals surface area (Å²) >= 11 is 11.8. The lowest BCUT2D eigenvalue weighted by molar-refractivity contribution is 0.946. The van der Waals surface area contributed by atoms with Crippen molar-refractivity contribution in [2.45, 2.75) is 24.6 Å². The van der Waals surface area contributed by atoms with E-state index in [-0.39, 0.29) is 0 Å². The molecule has 2 rings (SSSR count). The molecule has 1 aromatic heterocycles. The average molecular weight is 330 g/mol. The molecule has 1 heterocycles. The summed E-state index contributed by atoms with van der Waals surface area (Å²) in [6.07, 6.45) is 2.02. The van der Waals surface area contributed by atoms with E-state index in [1.165, 1.54) is 16.0 Å². The molecule has 0 aliphatic carbocycles. The Labute approximate surface area is 120 Å². The Morgan fingerprint density at radius 1 is 1.24 bits per heavy atom. The average Bonchev–Trinajstić information content (AvgIpc) is 2.80. The van der Waals surface area contributed by atoms with Crippen LogP contribution in [0.1, 0.15) is 27.8 Å². The van der Waals surface area contributed by atoms with Crippen molar-refractivity contribution < 1.29 is 0 Å². The van der Waals surface area contributed by atoms with E-state index in [0.29, 0.717) is 4.83 Å². The van der Waals surface area contributed by atoms with Gasteiger partial charge in [0.15, 0.2) is 0 Å². The molecule has 0 bridgehead atoms. The van der Waals surface area contributed by atoms with Gasteiger partial charge in [-0.3, -0.25) is 0 Å². The molecule has 0 aliphatic rings. The van der Waals surface area contributed by atoms with Gasteiger partial charge in [-0.25, -0.2) is 0 Å². The number of halogens is 2. The summed E-state index contributed by atoms with van der Waals surface area (Å²) in [5.74, 6) is 0. The first-order valence-corrected chi connectivity index (χ1v) is 7.83. The Morgan fingerprint density at radius 2 is 2.00 bits per heavy atom. The minimum Gasteiger partial charge on any atom is -0.147 e. The second-order valence-electron chi connectivity index (χ2n) is 3.93. The lowest BCUT2D eigenvalue weighted by atomic mass is 10.1. The maximum Gasteiger partial charge on any atom is 0.0532 e. The fourth-order valence-corrected chi connectivity index (χ4v) is 4.02. The Bertz CT molecular complexity index is 492. The highest BCUT2D eigenvalue weighted by atomic mass is 79.9. The number of alkyl halides is 1. The summed E-state index contributed by atoms with van der Waals surface area (Å²) in [4.78, 5) is 1.78. The van der Waals surface area contributed by atoms with Gasteiger partial charge in [-0.2, -0.15) is 0 Å². The smallest absolute Gasteiger partial charge is 0.0532 e. The van der Waals surface area contributed by atoms with E-state index in [2.05, 4.69) is 40.4 Å². The molecule has 0 spiro atoms. The first kappa shape index (κ1) is 13.1. The van der Waals surface area contributed by atoms with Gasteiger partial charge >= 0.3 is 0 Å². The molecule has 0 nitrogen and oxygen atoms in total. The van der Waals surface area contributed by atoms with Gasteiger partial charge < -0.3 is 0 Å². The van der Waals surface area contributed by atoms with Crippen LogP contribution in [0.25, 0.3) is 0 Å². The molecular formula is C14H14BrClS. The van der Waals surface area contributed by atoms with Crippen LogP contribution < -0.4 is 0 Å². The van der Waals surface area contributed by atoms with Gasteiger partial charge in [0, 0.05) is 9.90 Å². The number of hydrogen-bond donors (Lipinski definition) is 0. The van der Waals surface area contributed by atoms with Crippen LogP contribution in [-0.4, -0.2) is 0 Å². The van der Waals surface area contributed by atoms with Crippen LogP contribution in [0.3, 0.4) is 0 Å². The van der Waals surface area contributed by atoms with Crippen LogP contribution in [0, 0.1) is 0 Å². The van der Waals surface area contributed by atoms with Crippen LogP contribution >= 0.6 is 38.9 Å². The molecule has 2 aromatic rings. The fraction of sp³-hybridized carbons (Fsp3) is 0.286. The van der Waals surface area contributed by atoms with Crippen molar-refractivity contribution in [3.8, 4) is 0 Å². The van der Waals surface area contributed by atoms with Crippen molar-refractivity contribution in [3.05, 3.63) is 56.7 Å². The fourth-order valence-electron chi connectivity index (χ4n) is 1.86. The van der Waals surface area contributed by atoms with Gasteiger partial charge in [0.1, 0.15) is 0 Å². The minimum absolute atomic E-state index is 0.359. The summed E-state index contributed by atoms with van der Waals surface area (Å²) in [5.41, 5.74) is 2.63.